The average molecular weight is 368 g/mol. The second kappa shape index (κ2) is 7.82. The Hall–Kier alpha value is -1.48. The summed E-state index contributed by atoms with van der Waals surface area (Å²) in [7, 11) is -1.42. The van der Waals surface area contributed by atoms with Crippen molar-refractivity contribution in [3.05, 3.63) is 29.8 Å². The molecule has 2 N–H and O–H groups in total. The number of ether oxygens (including phenoxy) is 1. The van der Waals surface area contributed by atoms with E-state index >= 15 is 0 Å². The number of amides is 1. The number of rotatable bonds is 5. The van der Waals surface area contributed by atoms with Crippen molar-refractivity contribution in [3.8, 4) is 0 Å². The lowest BCUT2D eigenvalue weighted by atomic mass is 10.2. The number of sulfonamides is 1. The molecule has 0 spiro atoms. The number of benzene rings is 1. The van der Waals surface area contributed by atoms with Crippen molar-refractivity contribution in [1.29, 1.82) is 0 Å². The summed E-state index contributed by atoms with van der Waals surface area (Å²) < 4.78 is 32.3. The molecule has 2 heterocycles. The van der Waals surface area contributed by atoms with Gasteiger partial charge in [0.15, 0.2) is 0 Å². The molecule has 0 saturated carbocycles. The highest BCUT2D eigenvalue weighted by Gasteiger charge is 2.29. The summed E-state index contributed by atoms with van der Waals surface area (Å²) in [5, 5.41) is 2.84. The SMILES string of the molecule is C[NH+]1CCN(S(=O)(=O)c2ccc(C(=O)NC[C@@H]3CCCO3)cc2)CC1. The van der Waals surface area contributed by atoms with E-state index in [9.17, 15) is 13.2 Å². The predicted molar refractivity (Wildman–Crippen MR) is 93.1 cm³/mol. The highest BCUT2D eigenvalue weighted by molar-refractivity contribution is 7.89. The molecule has 0 aliphatic carbocycles. The summed E-state index contributed by atoms with van der Waals surface area (Å²) >= 11 is 0. The van der Waals surface area contributed by atoms with Crippen LogP contribution in [0.2, 0.25) is 0 Å². The summed E-state index contributed by atoms with van der Waals surface area (Å²) in [4.78, 5) is 13.7. The maximum atomic E-state index is 12.7. The normalized spacial score (nSPS) is 22.8. The standard InChI is InChI=1S/C17H25N3O4S/c1-19-8-10-20(11-9-19)25(22,23)16-6-4-14(5-7-16)17(21)18-13-15-3-2-12-24-15/h4-7,15H,2-3,8-13H2,1H3,(H,18,21)/p+1/t15-/m0/s1. The van der Waals surface area contributed by atoms with Gasteiger partial charge in [-0.15, -0.1) is 0 Å². The second-order valence-corrected chi connectivity index (χ2v) is 8.67. The molecule has 7 nitrogen and oxygen atoms in total. The summed E-state index contributed by atoms with van der Waals surface area (Å²) in [5.41, 5.74) is 0.458. The van der Waals surface area contributed by atoms with Crippen LogP contribution in [-0.4, -0.2) is 71.1 Å². The van der Waals surface area contributed by atoms with Crippen LogP contribution in [0.3, 0.4) is 0 Å². The van der Waals surface area contributed by atoms with Gasteiger partial charge in [0.25, 0.3) is 5.91 Å². The van der Waals surface area contributed by atoms with E-state index in [0.717, 1.165) is 32.5 Å². The fraction of sp³-hybridized carbons (Fsp3) is 0.588. The van der Waals surface area contributed by atoms with E-state index in [0.29, 0.717) is 25.2 Å². The minimum atomic E-state index is -3.48. The van der Waals surface area contributed by atoms with Crippen molar-refractivity contribution in [2.24, 2.45) is 0 Å². The Bertz CT molecular complexity index is 691. The quantitative estimate of drug-likeness (QED) is 0.707. The molecular weight excluding hydrogens is 342 g/mol. The number of piperazine rings is 1. The minimum absolute atomic E-state index is 0.0861. The molecule has 0 radical (unpaired) electrons. The van der Waals surface area contributed by atoms with Gasteiger partial charge in [0.2, 0.25) is 10.0 Å². The molecule has 25 heavy (non-hydrogen) atoms. The number of quaternary nitrogens is 1. The first kappa shape index (κ1) is 18.3. The van der Waals surface area contributed by atoms with E-state index < -0.39 is 10.0 Å². The molecule has 1 atom stereocenters. The molecule has 2 saturated heterocycles. The Kier molecular flexibility index (Phi) is 5.73. The third-order valence-corrected chi connectivity index (χ3v) is 6.76. The van der Waals surface area contributed by atoms with Gasteiger partial charge in [0.1, 0.15) is 0 Å². The van der Waals surface area contributed by atoms with Crippen molar-refractivity contribution < 1.29 is 22.8 Å². The minimum Gasteiger partial charge on any atom is -0.376 e. The van der Waals surface area contributed by atoms with Gasteiger partial charge in [-0.1, -0.05) is 0 Å². The Balaban J connectivity index is 1.61. The number of nitrogens with zero attached hydrogens (tertiary/aromatic N) is 1. The molecule has 3 rings (SSSR count). The van der Waals surface area contributed by atoms with Gasteiger partial charge in [-0.25, -0.2) is 8.42 Å². The van der Waals surface area contributed by atoms with Crippen LogP contribution in [0.5, 0.6) is 0 Å². The van der Waals surface area contributed by atoms with Gasteiger partial charge in [-0.3, -0.25) is 4.79 Å². The second-order valence-electron chi connectivity index (χ2n) is 6.73. The molecular formula is C17H26N3O4S+. The van der Waals surface area contributed by atoms with Crippen LogP contribution in [0.4, 0.5) is 0 Å². The Morgan fingerprint density at radius 3 is 2.56 bits per heavy atom. The van der Waals surface area contributed by atoms with Crippen LogP contribution in [0.15, 0.2) is 29.2 Å². The van der Waals surface area contributed by atoms with Crippen molar-refractivity contribution in [1.82, 2.24) is 9.62 Å². The molecule has 0 aromatic heterocycles. The fourth-order valence-electron chi connectivity index (χ4n) is 3.15. The van der Waals surface area contributed by atoms with Crippen LogP contribution in [0.1, 0.15) is 23.2 Å². The van der Waals surface area contributed by atoms with Gasteiger partial charge < -0.3 is 15.0 Å². The Morgan fingerprint density at radius 1 is 1.28 bits per heavy atom. The number of likely N-dealkylation sites (N-methyl/N-ethyl adjacent to an activating group) is 1. The van der Waals surface area contributed by atoms with Gasteiger partial charge >= 0.3 is 0 Å². The first-order valence-electron chi connectivity index (χ1n) is 8.78. The Morgan fingerprint density at radius 2 is 1.96 bits per heavy atom. The lowest BCUT2D eigenvalue weighted by Gasteiger charge is -2.29. The van der Waals surface area contributed by atoms with E-state index in [4.69, 9.17) is 4.74 Å². The molecule has 0 bridgehead atoms. The molecule has 1 aromatic carbocycles. The number of hydrogen-bond acceptors (Lipinski definition) is 4. The molecule has 1 aromatic rings. The van der Waals surface area contributed by atoms with Crippen LogP contribution < -0.4 is 10.2 Å². The summed E-state index contributed by atoms with van der Waals surface area (Å²) in [5.74, 6) is -0.206. The van der Waals surface area contributed by atoms with E-state index in [-0.39, 0.29) is 16.9 Å². The number of hydrogen-bond donors (Lipinski definition) is 2. The number of carbonyl (C=O) groups excluding carboxylic acids is 1. The highest BCUT2D eigenvalue weighted by Crippen LogP contribution is 2.17. The van der Waals surface area contributed by atoms with Crippen LogP contribution >= 0.6 is 0 Å². The summed E-state index contributed by atoms with van der Waals surface area (Å²) in [6, 6.07) is 6.17. The molecule has 2 aliphatic rings. The van der Waals surface area contributed by atoms with Crippen molar-refractivity contribution in [3.63, 3.8) is 0 Å². The zero-order valence-corrected chi connectivity index (χ0v) is 15.3. The average Bonchev–Trinajstić information content (AvgIpc) is 3.14. The molecule has 1 amide bonds. The van der Waals surface area contributed by atoms with Crippen molar-refractivity contribution in [2.45, 2.75) is 23.8 Å². The van der Waals surface area contributed by atoms with E-state index in [1.54, 1.807) is 12.1 Å². The predicted octanol–water partition coefficient (Wildman–Crippen LogP) is -0.886. The zero-order chi connectivity index (χ0) is 17.9. The zero-order valence-electron chi connectivity index (χ0n) is 14.5. The van der Waals surface area contributed by atoms with Gasteiger partial charge in [0, 0.05) is 18.7 Å². The van der Waals surface area contributed by atoms with Crippen molar-refractivity contribution in [2.75, 3.05) is 46.4 Å². The first-order valence-corrected chi connectivity index (χ1v) is 10.2. The largest absolute Gasteiger partial charge is 0.376 e. The number of carbonyl (C=O) groups is 1. The lowest BCUT2D eigenvalue weighted by molar-refractivity contribution is -0.883. The maximum Gasteiger partial charge on any atom is 0.251 e. The van der Waals surface area contributed by atoms with Gasteiger partial charge in [-0.2, -0.15) is 4.31 Å². The highest BCUT2D eigenvalue weighted by atomic mass is 32.2. The van der Waals surface area contributed by atoms with E-state index in [1.807, 2.05) is 0 Å². The molecule has 8 heteroatoms. The van der Waals surface area contributed by atoms with E-state index in [2.05, 4.69) is 12.4 Å². The smallest absolute Gasteiger partial charge is 0.251 e. The topological polar surface area (TPSA) is 80.2 Å². The maximum absolute atomic E-state index is 12.7. The van der Waals surface area contributed by atoms with Crippen LogP contribution in [-0.2, 0) is 14.8 Å². The summed E-state index contributed by atoms with van der Waals surface area (Å²) in [6.07, 6.45) is 2.08. The monoisotopic (exact) mass is 368 g/mol. The molecule has 2 aliphatic heterocycles. The fourth-order valence-corrected chi connectivity index (χ4v) is 4.59. The number of nitrogens with one attached hydrogen (secondary N) is 2. The van der Waals surface area contributed by atoms with Gasteiger partial charge in [0.05, 0.1) is 44.2 Å². The van der Waals surface area contributed by atoms with Crippen LogP contribution in [0, 0.1) is 0 Å². The molecule has 0 unspecified atom stereocenters. The van der Waals surface area contributed by atoms with Gasteiger partial charge in [-0.05, 0) is 37.1 Å². The first-order chi connectivity index (χ1) is 12.0. The van der Waals surface area contributed by atoms with Crippen LogP contribution in [0.25, 0.3) is 0 Å². The van der Waals surface area contributed by atoms with Crippen molar-refractivity contribution >= 4 is 15.9 Å². The third-order valence-electron chi connectivity index (χ3n) is 4.84. The third kappa shape index (κ3) is 4.38. The lowest BCUT2D eigenvalue weighted by Crippen LogP contribution is -3.12. The van der Waals surface area contributed by atoms with E-state index in [1.165, 1.54) is 21.3 Å². The molecule has 2 fully saturated rings. The molecule has 138 valence electrons. The summed E-state index contributed by atoms with van der Waals surface area (Å²) in [6.45, 7) is 3.91. The Labute approximate surface area is 149 Å².